The van der Waals surface area contributed by atoms with Crippen LogP contribution in [0.3, 0.4) is 0 Å². The van der Waals surface area contributed by atoms with Crippen molar-refractivity contribution in [3.63, 3.8) is 0 Å². The maximum absolute atomic E-state index is 11.8. The molecule has 0 rings (SSSR count). The van der Waals surface area contributed by atoms with Crippen LogP contribution in [0.1, 0.15) is 79.1 Å². The minimum atomic E-state index is -3.44. The second-order valence-corrected chi connectivity index (χ2v) is 8.37. The normalized spacial score (nSPS) is 12.6. The van der Waals surface area contributed by atoms with Crippen molar-refractivity contribution in [1.82, 2.24) is 0 Å². The monoisotopic (exact) mass is 359 g/mol. The molecule has 0 aliphatic heterocycles. The molecule has 0 N–H and O–H groups in total. The van der Waals surface area contributed by atoms with Crippen molar-refractivity contribution in [2.45, 2.75) is 79.1 Å². The van der Waals surface area contributed by atoms with Crippen LogP contribution in [0.4, 0.5) is 0 Å². The van der Waals surface area contributed by atoms with Gasteiger partial charge in [-0.15, -0.1) is 0 Å². The van der Waals surface area contributed by atoms with Crippen molar-refractivity contribution < 1.29 is 23.2 Å². The number of carboxylic acids is 1. The van der Waals surface area contributed by atoms with Crippen LogP contribution in [0, 0.1) is 0 Å². The number of hydrogen-bond donors (Lipinski definition) is 0. The summed E-state index contributed by atoms with van der Waals surface area (Å²) in [5.74, 6) is -1.24. The van der Waals surface area contributed by atoms with Gasteiger partial charge < -0.3 is 23.2 Å². The van der Waals surface area contributed by atoms with E-state index in [-0.39, 0.29) is 5.20 Å². The lowest BCUT2D eigenvalue weighted by atomic mass is 10.3. The van der Waals surface area contributed by atoms with Crippen LogP contribution in [0.25, 0.3) is 0 Å². The molecule has 5 nitrogen and oxygen atoms in total. The Balaban J connectivity index is 5.47. The zero-order chi connectivity index (χ0) is 18.3. The molecule has 0 bridgehead atoms. The molecule has 0 radical (unpaired) electrons. The number of carboxylic acid groups (broad SMARTS) is 1. The van der Waals surface area contributed by atoms with E-state index in [1.807, 2.05) is 6.92 Å². The highest BCUT2D eigenvalue weighted by Gasteiger charge is 2.46. The maximum atomic E-state index is 11.8. The van der Waals surface area contributed by atoms with Gasteiger partial charge in [0.2, 0.25) is 0 Å². The van der Waals surface area contributed by atoms with E-state index < -0.39 is 14.8 Å². The highest BCUT2D eigenvalue weighted by Crippen LogP contribution is 2.23. The molecular formula is C18H35O5Si-. The van der Waals surface area contributed by atoms with Gasteiger partial charge in [0.25, 0.3) is 0 Å². The van der Waals surface area contributed by atoms with Gasteiger partial charge in [0.05, 0.1) is 5.97 Å². The Hall–Kier alpha value is -0.693. The van der Waals surface area contributed by atoms with Crippen LogP contribution in [-0.4, -0.2) is 34.6 Å². The highest BCUT2D eigenvalue weighted by molar-refractivity contribution is 6.73. The molecule has 142 valence electrons. The van der Waals surface area contributed by atoms with Crippen LogP contribution in [0.5, 0.6) is 0 Å². The van der Waals surface area contributed by atoms with Crippen molar-refractivity contribution in [3.05, 3.63) is 11.3 Å². The summed E-state index contributed by atoms with van der Waals surface area (Å²) in [5, 5.41) is 11.9. The molecule has 0 fully saturated rings. The van der Waals surface area contributed by atoms with E-state index in [0.29, 0.717) is 26.2 Å². The van der Waals surface area contributed by atoms with E-state index in [1.54, 1.807) is 6.08 Å². The fourth-order valence-corrected chi connectivity index (χ4v) is 4.63. The first-order valence-corrected chi connectivity index (χ1v) is 11.1. The molecule has 6 heteroatoms. The minimum Gasteiger partial charge on any atom is -0.545 e. The van der Waals surface area contributed by atoms with Gasteiger partial charge in [0.1, 0.15) is 0 Å². The number of aliphatic carboxylic acids is 1. The molecule has 0 heterocycles. The summed E-state index contributed by atoms with van der Waals surface area (Å²) in [4.78, 5) is 11.8. The van der Waals surface area contributed by atoms with Gasteiger partial charge in [-0.05, 0) is 25.7 Å². The summed E-state index contributed by atoms with van der Waals surface area (Å²) in [6, 6.07) is 0. The standard InChI is InChI=1S/C18H36O5Si/c1-5-9-13-17(18(19)20)24(21-14-10-6-2,22-15-11-7-3)23-16-12-8-4/h13H,5-12,14-16H2,1-4H3,(H,19,20)/p-1/b17-13+. The van der Waals surface area contributed by atoms with E-state index in [9.17, 15) is 9.90 Å². The molecule has 0 amide bonds. The molecule has 0 spiro atoms. The van der Waals surface area contributed by atoms with E-state index in [2.05, 4.69) is 20.8 Å². The third-order valence-corrected chi connectivity index (χ3v) is 6.38. The third kappa shape index (κ3) is 8.96. The minimum absolute atomic E-state index is 0.0904. The predicted molar refractivity (Wildman–Crippen MR) is 96.3 cm³/mol. The van der Waals surface area contributed by atoms with Gasteiger partial charge >= 0.3 is 8.80 Å². The number of carbonyl (C=O) groups is 1. The molecule has 0 unspecified atom stereocenters. The maximum Gasteiger partial charge on any atom is 0.538 e. The lowest BCUT2D eigenvalue weighted by Gasteiger charge is -2.32. The van der Waals surface area contributed by atoms with Gasteiger partial charge in [0.15, 0.2) is 0 Å². The first-order chi connectivity index (χ1) is 11.6. The zero-order valence-electron chi connectivity index (χ0n) is 15.9. The number of carbonyl (C=O) groups excluding carboxylic acids is 1. The second kappa shape index (κ2) is 14.6. The Labute approximate surface area is 148 Å². The van der Waals surface area contributed by atoms with Crippen LogP contribution in [-0.2, 0) is 18.1 Å². The molecule has 0 aliphatic rings. The Kier molecular flexibility index (Phi) is 14.2. The lowest BCUT2D eigenvalue weighted by molar-refractivity contribution is -0.298. The van der Waals surface area contributed by atoms with E-state index in [4.69, 9.17) is 13.3 Å². The average molecular weight is 360 g/mol. The Morgan fingerprint density at radius 2 is 1.25 bits per heavy atom. The number of rotatable bonds is 16. The molecular weight excluding hydrogens is 324 g/mol. The second-order valence-electron chi connectivity index (χ2n) is 5.86. The summed E-state index contributed by atoms with van der Waals surface area (Å²) in [7, 11) is -3.44. The molecule has 0 aromatic carbocycles. The summed E-state index contributed by atoms with van der Waals surface area (Å²) in [6.45, 7) is 9.52. The van der Waals surface area contributed by atoms with E-state index in [0.717, 1.165) is 44.9 Å². The van der Waals surface area contributed by atoms with Crippen LogP contribution in [0.15, 0.2) is 11.3 Å². The van der Waals surface area contributed by atoms with Gasteiger partial charge in [0, 0.05) is 25.0 Å². The average Bonchev–Trinajstić information content (AvgIpc) is 2.55. The van der Waals surface area contributed by atoms with Crippen LogP contribution in [0.2, 0.25) is 0 Å². The summed E-state index contributed by atoms with van der Waals surface area (Å²) >= 11 is 0. The Bertz CT molecular complexity index is 331. The van der Waals surface area contributed by atoms with Crippen molar-refractivity contribution in [3.8, 4) is 0 Å². The quantitative estimate of drug-likeness (QED) is 0.240. The van der Waals surface area contributed by atoms with Crippen molar-refractivity contribution in [2.75, 3.05) is 19.8 Å². The first kappa shape index (κ1) is 23.3. The molecule has 24 heavy (non-hydrogen) atoms. The summed E-state index contributed by atoms with van der Waals surface area (Å²) in [5.41, 5.74) is 0. The summed E-state index contributed by atoms with van der Waals surface area (Å²) < 4.78 is 18.0. The number of unbranched alkanes of at least 4 members (excludes halogenated alkanes) is 4. The predicted octanol–water partition coefficient (Wildman–Crippen LogP) is 3.39. The lowest BCUT2D eigenvalue weighted by Crippen LogP contribution is -2.53. The zero-order valence-corrected chi connectivity index (χ0v) is 16.9. The largest absolute Gasteiger partial charge is 0.545 e. The first-order valence-electron chi connectivity index (χ1n) is 9.41. The fraction of sp³-hybridized carbons (Fsp3) is 0.833. The molecule has 0 saturated heterocycles. The molecule has 0 atom stereocenters. The third-order valence-electron chi connectivity index (χ3n) is 3.56. The SMILES string of the molecule is CCC/C=C(\C(=O)[O-])[Si](OCCCC)(OCCCC)OCCCC. The highest BCUT2D eigenvalue weighted by atomic mass is 28.4. The molecule has 0 aliphatic carbocycles. The molecule has 0 aromatic rings. The fourth-order valence-electron chi connectivity index (χ4n) is 2.03. The van der Waals surface area contributed by atoms with E-state index >= 15 is 0 Å². The van der Waals surface area contributed by atoms with Crippen molar-refractivity contribution >= 4 is 14.8 Å². The number of allylic oxidation sites excluding steroid dienone is 1. The smallest absolute Gasteiger partial charge is 0.538 e. The number of hydrogen-bond acceptors (Lipinski definition) is 5. The van der Waals surface area contributed by atoms with E-state index in [1.165, 1.54) is 0 Å². The topological polar surface area (TPSA) is 67.8 Å². The van der Waals surface area contributed by atoms with Gasteiger partial charge in [-0.1, -0.05) is 59.5 Å². The van der Waals surface area contributed by atoms with Gasteiger partial charge in [-0.3, -0.25) is 0 Å². The Morgan fingerprint density at radius 3 is 1.54 bits per heavy atom. The van der Waals surface area contributed by atoms with Crippen LogP contribution < -0.4 is 5.11 Å². The molecule has 0 saturated carbocycles. The molecule has 0 aromatic heterocycles. The van der Waals surface area contributed by atoms with Gasteiger partial charge in [-0.25, -0.2) is 0 Å². The van der Waals surface area contributed by atoms with Crippen molar-refractivity contribution in [2.24, 2.45) is 0 Å². The van der Waals surface area contributed by atoms with Crippen LogP contribution >= 0.6 is 0 Å². The summed E-state index contributed by atoms with van der Waals surface area (Å²) in [6.07, 6.45) is 8.59. The van der Waals surface area contributed by atoms with Crippen molar-refractivity contribution in [1.29, 1.82) is 0 Å². The van der Waals surface area contributed by atoms with Gasteiger partial charge in [-0.2, -0.15) is 0 Å². The Morgan fingerprint density at radius 1 is 0.833 bits per heavy atom.